The van der Waals surface area contributed by atoms with Crippen LogP contribution in [0.4, 0.5) is 0 Å². The van der Waals surface area contributed by atoms with Crippen LogP contribution in [0.3, 0.4) is 0 Å². The molecule has 2 saturated carbocycles. The van der Waals surface area contributed by atoms with Crippen LogP contribution in [-0.2, 0) is 11.3 Å². The Bertz CT molecular complexity index is 447. The average Bonchev–Trinajstić information content (AvgIpc) is 2.91. The van der Waals surface area contributed by atoms with Crippen LogP contribution in [0.2, 0.25) is 0 Å². The predicted octanol–water partition coefficient (Wildman–Crippen LogP) is 2.05. The van der Waals surface area contributed by atoms with Gasteiger partial charge in [-0.2, -0.15) is 0 Å². The lowest BCUT2D eigenvalue weighted by Crippen LogP contribution is -2.37. The van der Waals surface area contributed by atoms with E-state index in [1.807, 2.05) is 12.5 Å². The fourth-order valence-electron chi connectivity index (χ4n) is 3.10. The highest BCUT2D eigenvalue weighted by Gasteiger charge is 2.28. The average molecular weight is 263 g/mol. The minimum absolute atomic E-state index is 0.139. The number of nitrogens with zero attached hydrogens (tertiary/aromatic N) is 3. The molecule has 1 heterocycles. The molecule has 0 saturated heterocycles. The molecule has 0 radical (unpaired) electrons. The molecule has 2 aliphatic rings. The lowest BCUT2D eigenvalue weighted by atomic mass is 10.2. The molecule has 0 amide bonds. The number of hydrogen-bond donors (Lipinski definition) is 1. The number of carbonyl (C=O) groups is 1. The van der Waals surface area contributed by atoms with E-state index in [1.54, 1.807) is 0 Å². The maximum Gasteiger partial charge on any atom is 0.317 e. The third-order valence-corrected chi connectivity index (χ3v) is 4.23. The Morgan fingerprint density at radius 2 is 2.11 bits per heavy atom. The third-order valence-electron chi connectivity index (χ3n) is 4.23. The van der Waals surface area contributed by atoms with Crippen LogP contribution in [0.5, 0.6) is 0 Å². The Morgan fingerprint density at radius 1 is 1.37 bits per heavy atom. The molecule has 0 aliphatic heterocycles. The van der Waals surface area contributed by atoms with Gasteiger partial charge in [0.2, 0.25) is 0 Å². The van der Waals surface area contributed by atoms with Crippen molar-refractivity contribution in [2.75, 3.05) is 6.54 Å². The molecule has 1 N–H and O–H groups in total. The van der Waals surface area contributed by atoms with Crippen molar-refractivity contribution >= 4 is 5.97 Å². The number of carboxylic acid groups (broad SMARTS) is 1. The van der Waals surface area contributed by atoms with Crippen molar-refractivity contribution in [2.45, 2.75) is 57.2 Å². The van der Waals surface area contributed by atoms with Crippen LogP contribution >= 0.6 is 0 Å². The van der Waals surface area contributed by atoms with Crippen molar-refractivity contribution in [3.8, 4) is 0 Å². The second-order valence-corrected chi connectivity index (χ2v) is 5.76. The largest absolute Gasteiger partial charge is 0.480 e. The van der Waals surface area contributed by atoms with Gasteiger partial charge < -0.3 is 9.67 Å². The Balaban J connectivity index is 1.71. The summed E-state index contributed by atoms with van der Waals surface area (Å²) >= 11 is 0. The van der Waals surface area contributed by atoms with Crippen molar-refractivity contribution in [1.29, 1.82) is 0 Å². The molecule has 0 unspecified atom stereocenters. The number of aliphatic carboxylic acids is 1. The van der Waals surface area contributed by atoms with Crippen molar-refractivity contribution in [2.24, 2.45) is 0 Å². The fraction of sp³-hybridized carbons (Fsp3) is 0.714. The van der Waals surface area contributed by atoms with E-state index < -0.39 is 5.97 Å². The van der Waals surface area contributed by atoms with Crippen LogP contribution in [0.15, 0.2) is 12.5 Å². The maximum atomic E-state index is 11.1. The first-order chi connectivity index (χ1) is 9.24. The molecule has 2 aliphatic carbocycles. The van der Waals surface area contributed by atoms with Gasteiger partial charge in [0.25, 0.3) is 0 Å². The zero-order valence-electron chi connectivity index (χ0n) is 11.2. The molecular formula is C14H21N3O2. The summed E-state index contributed by atoms with van der Waals surface area (Å²) in [4.78, 5) is 17.4. The van der Waals surface area contributed by atoms with Gasteiger partial charge in [0.15, 0.2) is 0 Å². The molecule has 1 aromatic rings. The second kappa shape index (κ2) is 5.33. The van der Waals surface area contributed by atoms with Gasteiger partial charge in [-0.1, -0.05) is 12.8 Å². The lowest BCUT2D eigenvalue weighted by molar-refractivity contribution is -0.139. The Morgan fingerprint density at radius 3 is 2.74 bits per heavy atom. The predicted molar refractivity (Wildman–Crippen MR) is 70.8 cm³/mol. The third kappa shape index (κ3) is 2.97. The van der Waals surface area contributed by atoms with E-state index in [2.05, 4.69) is 14.5 Å². The summed E-state index contributed by atoms with van der Waals surface area (Å²) in [5, 5.41) is 9.10. The van der Waals surface area contributed by atoms with Gasteiger partial charge in [0.1, 0.15) is 0 Å². The summed E-state index contributed by atoms with van der Waals surface area (Å²) in [6.45, 7) is 0.855. The van der Waals surface area contributed by atoms with Gasteiger partial charge in [-0.05, 0) is 25.7 Å². The van der Waals surface area contributed by atoms with E-state index in [4.69, 9.17) is 5.11 Å². The van der Waals surface area contributed by atoms with E-state index >= 15 is 0 Å². The van der Waals surface area contributed by atoms with Gasteiger partial charge in [-0.25, -0.2) is 4.98 Å². The molecule has 0 aromatic carbocycles. The number of aromatic nitrogens is 2. The van der Waals surface area contributed by atoms with Crippen LogP contribution in [-0.4, -0.2) is 38.1 Å². The highest BCUT2D eigenvalue weighted by atomic mass is 16.4. The van der Waals surface area contributed by atoms with E-state index in [9.17, 15) is 4.79 Å². The molecule has 1 aromatic heterocycles. The smallest absolute Gasteiger partial charge is 0.317 e. The van der Waals surface area contributed by atoms with Crippen molar-refractivity contribution < 1.29 is 9.90 Å². The Hall–Kier alpha value is -1.36. The fourth-order valence-corrected chi connectivity index (χ4v) is 3.10. The zero-order chi connectivity index (χ0) is 13.2. The highest BCUT2D eigenvalue weighted by molar-refractivity contribution is 5.69. The lowest BCUT2D eigenvalue weighted by Gasteiger charge is -2.27. The molecule has 5 heteroatoms. The first kappa shape index (κ1) is 12.7. The molecule has 104 valence electrons. The second-order valence-electron chi connectivity index (χ2n) is 5.76. The first-order valence-corrected chi connectivity index (χ1v) is 7.20. The standard InChI is InChI=1S/C14H21N3O2/c18-14(19)9-16(11-3-1-2-4-11)8-13-7-15-10-17(13)12-5-6-12/h7,10-12H,1-6,8-9H2,(H,18,19). The summed E-state index contributed by atoms with van der Waals surface area (Å²) in [5.74, 6) is -0.732. The molecule has 19 heavy (non-hydrogen) atoms. The SMILES string of the molecule is O=C(O)CN(Cc1cncn1C1CC1)C1CCCC1. The molecule has 0 atom stereocenters. The molecule has 0 spiro atoms. The van der Waals surface area contributed by atoms with Gasteiger partial charge in [-0.15, -0.1) is 0 Å². The molecular weight excluding hydrogens is 242 g/mol. The van der Waals surface area contributed by atoms with Gasteiger partial charge in [0.05, 0.1) is 18.6 Å². The summed E-state index contributed by atoms with van der Waals surface area (Å²) in [5.41, 5.74) is 1.16. The summed E-state index contributed by atoms with van der Waals surface area (Å²) in [6, 6.07) is 1.03. The van der Waals surface area contributed by atoms with Crippen molar-refractivity contribution in [3.05, 3.63) is 18.2 Å². The molecule has 2 fully saturated rings. The van der Waals surface area contributed by atoms with Crippen LogP contribution in [0.25, 0.3) is 0 Å². The minimum Gasteiger partial charge on any atom is -0.480 e. The van der Waals surface area contributed by atoms with Crippen molar-refractivity contribution in [3.63, 3.8) is 0 Å². The highest BCUT2D eigenvalue weighted by Crippen LogP contribution is 2.36. The molecule has 5 nitrogen and oxygen atoms in total. The Labute approximate surface area is 113 Å². The normalized spacial score (nSPS) is 20.3. The minimum atomic E-state index is -0.732. The summed E-state index contributed by atoms with van der Waals surface area (Å²) in [7, 11) is 0. The number of carboxylic acids is 1. The number of rotatable bonds is 6. The quantitative estimate of drug-likeness (QED) is 0.853. The van der Waals surface area contributed by atoms with Crippen LogP contribution in [0.1, 0.15) is 50.3 Å². The van der Waals surface area contributed by atoms with E-state index in [0.29, 0.717) is 18.6 Å². The van der Waals surface area contributed by atoms with E-state index in [-0.39, 0.29) is 6.54 Å². The number of imidazole rings is 1. The first-order valence-electron chi connectivity index (χ1n) is 7.20. The van der Waals surface area contributed by atoms with Crippen LogP contribution in [0, 0.1) is 0 Å². The van der Waals surface area contributed by atoms with Crippen molar-refractivity contribution in [1.82, 2.24) is 14.5 Å². The summed E-state index contributed by atoms with van der Waals surface area (Å²) in [6.07, 6.45) is 10.9. The maximum absolute atomic E-state index is 11.1. The zero-order valence-corrected chi connectivity index (χ0v) is 11.2. The molecule has 3 rings (SSSR count). The molecule has 0 bridgehead atoms. The summed E-state index contributed by atoms with van der Waals surface area (Å²) < 4.78 is 2.23. The van der Waals surface area contributed by atoms with Gasteiger partial charge in [0, 0.05) is 24.8 Å². The van der Waals surface area contributed by atoms with Gasteiger partial charge in [-0.3, -0.25) is 9.69 Å². The topological polar surface area (TPSA) is 58.4 Å². The van der Waals surface area contributed by atoms with Crippen LogP contribution < -0.4 is 0 Å². The number of hydrogen-bond acceptors (Lipinski definition) is 3. The Kier molecular flexibility index (Phi) is 3.55. The van der Waals surface area contributed by atoms with E-state index in [1.165, 1.54) is 25.7 Å². The monoisotopic (exact) mass is 263 g/mol. The van der Waals surface area contributed by atoms with E-state index in [0.717, 1.165) is 18.5 Å². The van der Waals surface area contributed by atoms with Gasteiger partial charge >= 0.3 is 5.97 Å².